The molecule has 0 amide bonds. The molecule has 1 aromatic carbocycles. The van der Waals surface area contributed by atoms with Crippen molar-refractivity contribution in [2.75, 3.05) is 26.2 Å². The summed E-state index contributed by atoms with van der Waals surface area (Å²) in [5, 5.41) is 3.78. The average molecular weight is 274 g/mol. The van der Waals surface area contributed by atoms with E-state index in [0.717, 1.165) is 12.5 Å². The van der Waals surface area contributed by atoms with E-state index in [1.54, 1.807) is 0 Å². The molecule has 0 radical (unpaired) electrons. The minimum atomic E-state index is 0.516. The van der Waals surface area contributed by atoms with Crippen LogP contribution in [0, 0.1) is 5.92 Å². The van der Waals surface area contributed by atoms with Crippen LogP contribution in [0.1, 0.15) is 51.1 Å². The molecule has 0 bridgehead atoms. The lowest BCUT2D eigenvalue weighted by molar-refractivity contribution is 0.276. The zero-order chi connectivity index (χ0) is 14.2. The van der Waals surface area contributed by atoms with Crippen LogP contribution >= 0.6 is 0 Å². The average Bonchev–Trinajstić information content (AvgIpc) is 2.97. The number of rotatable bonds is 8. The quantitative estimate of drug-likeness (QED) is 0.774. The van der Waals surface area contributed by atoms with Crippen molar-refractivity contribution in [2.24, 2.45) is 5.92 Å². The molecule has 2 nitrogen and oxygen atoms in total. The van der Waals surface area contributed by atoms with Crippen molar-refractivity contribution >= 4 is 0 Å². The van der Waals surface area contributed by atoms with Gasteiger partial charge in [0.15, 0.2) is 0 Å². The van der Waals surface area contributed by atoms with Crippen LogP contribution in [0.5, 0.6) is 0 Å². The van der Waals surface area contributed by atoms with Gasteiger partial charge in [-0.1, -0.05) is 50.6 Å². The lowest BCUT2D eigenvalue weighted by Crippen LogP contribution is -2.33. The Labute approximate surface area is 124 Å². The number of nitrogens with zero attached hydrogens (tertiary/aromatic N) is 1. The number of hydrogen-bond donors (Lipinski definition) is 1. The molecule has 1 aliphatic heterocycles. The van der Waals surface area contributed by atoms with Crippen LogP contribution in [-0.4, -0.2) is 31.1 Å². The first-order chi connectivity index (χ1) is 9.79. The number of likely N-dealkylation sites (tertiary alicyclic amines) is 1. The van der Waals surface area contributed by atoms with Crippen molar-refractivity contribution in [1.29, 1.82) is 0 Å². The second-order valence-corrected chi connectivity index (χ2v) is 6.27. The minimum Gasteiger partial charge on any atom is -0.310 e. The molecule has 1 heterocycles. The van der Waals surface area contributed by atoms with Crippen molar-refractivity contribution in [3.8, 4) is 0 Å². The minimum absolute atomic E-state index is 0.516. The molecule has 0 saturated carbocycles. The summed E-state index contributed by atoms with van der Waals surface area (Å²) >= 11 is 0. The van der Waals surface area contributed by atoms with Gasteiger partial charge in [0, 0.05) is 12.6 Å². The first kappa shape index (κ1) is 15.5. The van der Waals surface area contributed by atoms with E-state index in [0.29, 0.717) is 6.04 Å². The number of benzene rings is 1. The smallest absolute Gasteiger partial charge is 0.0320 e. The summed E-state index contributed by atoms with van der Waals surface area (Å²) in [6.45, 7) is 9.63. The maximum Gasteiger partial charge on any atom is 0.0320 e. The van der Waals surface area contributed by atoms with E-state index in [1.807, 2.05) is 0 Å². The Balaban J connectivity index is 1.79. The Morgan fingerprint density at radius 3 is 2.50 bits per heavy atom. The van der Waals surface area contributed by atoms with E-state index in [1.165, 1.54) is 50.9 Å². The molecule has 2 unspecified atom stereocenters. The van der Waals surface area contributed by atoms with E-state index in [-0.39, 0.29) is 0 Å². The van der Waals surface area contributed by atoms with Crippen molar-refractivity contribution < 1.29 is 0 Å². The van der Waals surface area contributed by atoms with E-state index in [2.05, 4.69) is 54.4 Å². The van der Waals surface area contributed by atoms with Gasteiger partial charge in [0.2, 0.25) is 0 Å². The predicted octanol–water partition coefficient (Wildman–Crippen LogP) is 3.85. The lowest BCUT2D eigenvalue weighted by Gasteiger charge is -2.24. The van der Waals surface area contributed by atoms with Gasteiger partial charge < -0.3 is 10.2 Å². The molecule has 2 heteroatoms. The fourth-order valence-electron chi connectivity index (χ4n) is 3.17. The van der Waals surface area contributed by atoms with Crippen LogP contribution < -0.4 is 5.32 Å². The van der Waals surface area contributed by atoms with Gasteiger partial charge in [0.05, 0.1) is 0 Å². The first-order valence-electron chi connectivity index (χ1n) is 8.30. The Morgan fingerprint density at radius 2 is 1.85 bits per heavy atom. The number of hydrogen-bond acceptors (Lipinski definition) is 2. The topological polar surface area (TPSA) is 15.3 Å². The summed E-state index contributed by atoms with van der Waals surface area (Å²) < 4.78 is 0. The third-order valence-corrected chi connectivity index (χ3v) is 4.26. The van der Waals surface area contributed by atoms with Gasteiger partial charge in [-0.3, -0.25) is 0 Å². The summed E-state index contributed by atoms with van der Waals surface area (Å²) in [5.74, 6) is 0.733. The summed E-state index contributed by atoms with van der Waals surface area (Å²) in [6.07, 6.45) is 5.23. The fourth-order valence-corrected chi connectivity index (χ4v) is 3.17. The molecule has 2 atom stereocenters. The van der Waals surface area contributed by atoms with Gasteiger partial charge >= 0.3 is 0 Å². The summed E-state index contributed by atoms with van der Waals surface area (Å²) in [7, 11) is 0. The van der Waals surface area contributed by atoms with Crippen molar-refractivity contribution in [3.05, 3.63) is 35.9 Å². The van der Waals surface area contributed by atoms with Crippen LogP contribution in [0.2, 0.25) is 0 Å². The molecule has 1 aliphatic rings. The van der Waals surface area contributed by atoms with Gasteiger partial charge in [-0.15, -0.1) is 0 Å². The van der Waals surface area contributed by atoms with Gasteiger partial charge in [-0.25, -0.2) is 0 Å². The van der Waals surface area contributed by atoms with Crippen LogP contribution in [0.4, 0.5) is 0 Å². The summed E-state index contributed by atoms with van der Waals surface area (Å²) in [5.41, 5.74) is 1.43. The molecule has 1 fully saturated rings. The highest BCUT2D eigenvalue weighted by atomic mass is 15.1. The Morgan fingerprint density at radius 1 is 1.15 bits per heavy atom. The Bertz CT molecular complexity index is 357. The number of nitrogens with one attached hydrogen (secondary N) is 1. The summed E-state index contributed by atoms with van der Waals surface area (Å²) in [6, 6.07) is 11.4. The summed E-state index contributed by atoms with van der Waals surface area (Å²) in [4.78, 5) is 2.61. The molecular formula is C18H30N2. The second-order valence-electron chi connectivity index (χ2n) is 6.27. The third-order valence-electron chi connectivity index (χ3n) is 4.26. The zero-order valence-corrected chi connectivity index (χ0v) is 13.1. The van der Waals surface area contributed by atoms with Crippen molar-refractivity contribution in [2.45, 2.75) is 45.6 Å². The van der Waals surface area contributed by atoms with Crippen molar-refractivity contribution in [1.82, 2.24) is 10.2 Å². The molecule has 1 aromatic rings. The normalized spacial score (nSPS) is 19.1. The second kappa shape index (κ2) is 8.43. The molecule has 1 saturated heterocycles. The molecule has 20 heavy (non-hydrogen) atoms. The monoisotopic (exact) mass is 274 g/mol. The lowest BCUT2D eigenvalue weighted by atomic mass is 10.0. The Hall–Kier alpha value is -0.860. The molecule has 1 N–H and O–H groups in total. The van der Waals surface area contributed by atoms with Crippen LogP contribution in [-0.2, 0) is 0 Å². The standard InChI is InChI=1S/C18H30N2/c1-3-9-18(17-10-5-4-6-11-17)19-14-16(2)15-20-12-7-8-13-20/h4-6,10-11,16,18-19H,3,7-9,12-15H2,1-2H3. The van der Waals surface area contributed by atoms with E-state index >= 15 is 0 Å². The highest BCUT2D eigenvalue weighted by Gasteiger charge is 2.16. The fraction of sp³-hybridized carbons (Fsp3) is 0.667. The van der Waals surface area contributed by atoms with Crippen LogP contribution in [0.3, 0.4) is 0 Å². The Kier molecular flexibility index (Phi) is 6.55. The molecule has 112 valence electrons. The zero-order valence-electron chi connectivity index (χ0n) is 13.1. The van der Waals surface area contributed by atoms with E-state index < -0.39 is 0 Å². The van der Waals surface area contributed by atoms with Crippen LogP contribution in [0.15, 0.2) is 30.3 Å². The van der Waals surface area contributed by atoms with E-state index in [9.17, 15) is 0 Å². The molecular weight excluding hydrogens is 244 g/mol. The van der Waals surface area contributed by atoms with Crippen molar-refractivity contribution in [3.63, 3.8) is 0 Å². The predicted molar refractivity (Wildman–Crippen MR) is 86.9 cm³/mol. The van der Waals surface area contributed by atoms with E-state index in [4.69, 9.17) is 0 Å². The molecule has 0 aromatic heterocycles. The third kappa shape index (κ3) is 4.92. The maximum atomic E-state index is 3.78. The van der Waals surface area contributed by atoms with Gasteiger partial charge in [-0.05, 0) is 50.4 Å². The van der Waals surface area contributed by atoms with Gasteiger partial charge in [0.25, 0.3) is 0 Å². The highest BCUT2D eigenvalue weighted by molar-refractivity contribution is 5.18. The van der Waals surface area contributed by atoms with Crippen LogP contribution in [0.25, 0.3) is 0 Å². The SMILES string of the molecule is CCCC(NCC(C)CN1CCCC1)c1ccccc1. The molecule has 0 aliphatic carbocycles. The van der Waals surface area contributed by atoms with Gasteiger partial charge in [0.1, 0.15) is 0 Å². The molecule has 0 spiro atoms. The maximum absolute atomic E-state index is 3.78. The van der Waals surface area contributed by atoms with Gasteiger partial charge in [-0.2, -0.15) is 0 Å². The largest absolute Gasteiger partial charge is 0.310 e. The highest BCUT2D eigenvalue weighted by Crippen LogP contribution is 2.18. The first-order valence-corrected chi connectivity index (χ1v) is 8.30. The molecule has 2 rings (SSSR count).